The Morgan fingerprint density at radius 2 is 1.96 bits per heavy atom. The molecule has 0 unspecified atom stereocenters. The van der Waals surface area contributed by atoms with Crippen LogP contribution in [0.15, 0.2) is 48.0 Å². The number of hydrogen-bond acceptors (Lipinski definition) is 4. The summed E-state index contributed by atoms with van der Waals surface area (Å²) in [5.41, 5.74) is 1.36. The molecule has 27 heavy (non-hydrogen) atoms. The van der Waals surface area contributed by atoms with Crippen molar-refractivity contribution in [1.29, 1.82) is 5.26 Å². The molecule has 0 aromatic heterocycles. The summed E-state index contributed by atoms with van der Waals surface area (Å²) in [6, 6.07) is 13.2. The number of nitrogens with zero attached hydrogens (tertiary/aromatic N) is 2. The van der Waals surface area contributed by atoms with Gasteiger partial charge in [-0.15, -0.1) is 0 Å². The fourth-order valence-corrected chi connectivity index (χ4v) is 2.34. The van der Waals surface area contributed by atoms with E-state index in [0.29, 0.717) is 29.2 Å². The van der Waals surface area contributed by atoms with Crippen LogP contribution in [0.5, 0.6) is 11.5 Å². The van der Waals surface area contributed by atoms with Gasteiger partial charge in [-0.3, -0.25) is 4.79 Å². The van der Waals surface area contributed by atoms with Crippen LogP contribution in [0.3, 0.4) is 0 Å². The molecule has 2 rings (SSSR count). The second-order valence-electron chi connectivity index (χ2n) is 5.93. The van der Waals surface area contributed by atoms with Gasteiger partial charge in [0.2, 0.25) is 0 Å². The number of nitriles is 1. The summed E-state index contributed by atoms with van der Waals surface area (Å²) in [6.07, 6.45) is 1.50. The first-order chi connectivity index (χ1) is 12.9. The monoisotopic (exact) mass is 368 g/mol. The van der Waals surface area contributed by atoms with E-state index in [0.717, 1.165) is 0 Å². The van der Waals surface area contributed by atoms with Crippen LogP contribution in [0.25, 0.3) is 6.08 Å². The molecule has 2 aromatic rings. The Morgan fingerprint density at radius 3 is 2.59 bits per heavy atom. The number of carbonyl (C=O) groups excluding carboxylic acids is 1. The van der Waals surface area contributed by atoms with Crippen molar-refractivity contribution in [2.45, 2.75) is 13.5 Å². The lowest BCUT2D eigenvalue weighted by atomic mass is 10.1. The van der Waals surface area contributed by atoms with Crippen molar-refractivity contribution < 1.29 is 18.7 Å². The molecule has 0 bridgehead atoms. The maximum absolute atomic E-state index is 13.3. The molecule has 0 fully saturated rings. The Balaban J connectivity index is 2.25. The molecule has 0 aliphatic rings. The Kier molecular flexibility index (Phi) is 6.95. The van der Waals surface area contributed by atoms with E-state index in [2.05, 4.69) is 0 Å². The maximum Gasteiger partial charge on any atom is 0.264 e. The number of halogens is 1. The van der Waals surface area contributed by atoms with Crippen molar-refractivity contribution in [2.24, 2.45) is 0 Å². The summed E-state index contributed by atoms with van der Waals surface area (Å²) in [5.74, 6) is 0.283. The minimum atomic E-state index is -0.373. The van der Waals surface area contributed by atoms with Crippen LogP contribution in [-0.2, 0) is 11.4 Å². The lowest BCUT2D eigenvalue weighted by Gasteiger charge is -2.13. The molecule has 2 aromatic carbocycles. The number of benzene rings is 2. The van der Waals surface area contributed by atoms with E-state index in [-0.39, 0.29) is 23.9 Å². The summed E-state index contributed by atoms with van der Waals surface area (Å²) >= 11 is 0. The summed E-state index contributed by atoms with van der Waals surface area (Å²) in [5, 5.41) is 9.21. The van der Waals surface area contributed by atoms with Gasteiger partial charge >= 0.3 is 0 Å². The highest BCUT2D eigenvalue weighted by Gasteiger charge is 2.12. The third-order valence-electron chi connectivity index (χ3n) is 3.62. The Labute approximate surface area is 158 Å². The molecule has 5 nitrogen and oxygen atoms in total. The predicted octanol–water partition coefficient (Wildman–Crippen LogP) is 3.80. The summed E-state index contributed by atoms with van der Waals surface area (Å²) in [7, 11) is 3.17. The van der Waals surface area contributed by atoms with Crippen LogP contribution < -0.4 is 9.47 Å². The van der Waals surface area contributed by atoms with Crippen LogP contribution >= 0.6 is 0 Å². The van der Waals surface area contributed by atoms with Crippen molar-refractivity contribution in [3.8, 4) is 17.6 Å². The zero-order valence-electron chi connectivity index (χ0n) is 15.5. The zero-order chi connectivity index (χ0) is 19.8. The van der Waals surface area contributed by atoms with E-state index in [1.165, 1.54) is 23.1 Å². The van der Waals surface area contributed by atoms with Crippen molar-refractivity contribution in [3.05, 3.63) is 65.0 Å². The van der Waals surface area contributed by atoms with Gasteiger partial charge in [0.05, 0.1) is 6.61 Å². The lowest BCUT2D eigenvalue weighted by Crippen LogP contribution is -2.22. The third-order valence-corrected chi connectivity index (χ3v) is 3.62. The number of amides is 1. The highest BCUT2D eigenvalue weighted by molar-refractivity contribution is 6.01. The zero-order valence-corrected chi connectivity index (χ0v) is 15.5. The topological polar surface area (TPSA) is 62.6 Å². The van der Waals surface area contributed by atoms with E-state index in [1.54, 1.807) is 44.4 Å². The van der Waals surface area contributed by atoms with Crippen molar-refractivity contribution in [2.75, 3.05) is 20.7 Å². The second kappa shape index (κ2) is 9.39. The molecule has 140 valence electrons. The molecular weight excluding hydrogens is 347 g/mol. The van der Waals surface area contributed by atoms with Crippen LogP contribution in [0.4, 0.5) is 4.39 Å². The van der Waals surface area contributed by atoms with Gasteiger partial charge in [-0.25, -0.2) is 4.39 Å². The molecule has 0 atom stereocenters. The third kappa shape index (κ3) is 5.58. The van der Waals surface area contributed by atoms with Gasteiger partial charge in [0, 0.05) is 14.1 Å². The van der Waals surface area contributed by atoms with E-state index < -0.39 is 0 Å². The first-order valence-electron chi connectivity index (χ1n) is 8.42. The molecule has 0 spiro atoms. The van der Waals surface area contributed by atoms with E-state index >= 15 is 0 Å². The standard InChI is InChI=1S/C21H21FN2O3/c1-4-26-20-12-15(10-17(13-23)21(25)24(2)3)8-9-19(20)27-14-16-6-5-7-18(22)11-16/h5-12H,4,14H2,1-3H3/b17-10-. The SMILES string of the molecule is CCOc1cc(/C=C(/C#N)C(=O)N(C)C)ccc1OCc1cccc(F)c1. The largest absolute Gasteiger partial charge is 0.490 e. The second-order valence-corrected chi connectivity index (χ2v) is 5.93. The van der Waals surface area contributed by atoms with Crippen LogP contribution in [0.2, 0.25) is 0 Å². The highest BCUT2D eigenvalue weighted by Crippen LogP contribution is 2.30. The Hall–Kier alpha value is -3.33. The van der Waals surface area contributed by atoms with Gasteiger partial charge in [-0.2, -0.15) is 5.26 Å². The van der Waals surface area contributed by atoms with Gasteiger partial charge < -0.3 is 14.4 Å². The van der Waals surface area contributed by atoms with Gasteiger partial charge in [0.25, 0.3) is 5.91 Å². The van der Waals surface area contributed by atoms with Crippen molar-refractivity contribution in [1.82, 2.24) is 4.90 Å². The molecule has 0 saturated heterocycles. The molecule has 0 aliphatic heterocycles. The lowest BCUT2D eigenvalue weighted by molar-refractivity contribution is -0.124. The van der Waals surface area contributed by atoms with Gasteiger partial charge in [-0.1, -0.05) is 18.2 Å². The molecule has 6 heteroatoms. The number of ether oxygens (including phenoxy) is 2. The number of hydrogen-bond donors (Lipinski definition) is 0. The average Bonchev–Trinajstić information content (AvgIpc) is 2.65. The number of likely N-dealkylation sites (N-methyl/N-ethyl adjacent to an activating group) is 1. The first kappa shape index (κ1) is 20.0. The minimum Gasteiger partial charge on any atom is -0.490 e. The molecule has 0 radical (unpaired) electrons. The molecule has 0 aliphatic carbocycles. The molecular formula is C21H21FN2O3. The Bertz CT molecular complexity index is 885. The van der Waals surface area contributed by atoms with Gasteiger partial charge in [0.15, 0.2) is 11.5 Å². The summed E-state index contributed by atoms with van der Waals surface area (Å²) in [6.45, 7) is 2.45. The predicted molar refractivity (Wildman–Crippen MR) is 101 cm³/mol. The molecule has 0 heterocycles. The maximum atomic E-state index is 13.3. The quantitative estimate of drug-likeness (QED) is 0.551. The van der Waals surface area contributed by atoms with E-state index in [4.69, 9.17) is 9.47 Å². The van der Waals surface area contributed by atoms with Gasteiger partial charge in [0.1, 0.15) is 24.1 Å². The average molecular weight is 368 g/mol. The van der Waals surface area contributed by atoms with Gasteiger partial charge in [-0.05, 0) is 48.4 Å². The van der Waals surface area contributed by atoms with Crippen LogP contribution in [0.1, 0.15) is 18.1 Å². The molecule has 1 amide bonds. The number of carbonyl (C=O) groups is 1. The molecule has 0 N–H and O–H groups in total. The first-order valence-corrected chi connectivity index (χ1v) is 8.42. The minimum absolute atomic E-state index is 0.0240. The van der Waals surface area contributed by atoms with E-state index in [1.807, 2.05) is 13.0 Å². The van der Waals surface area contributed by atoms with Crippen LogP contribution in [0, 0.1) is 17.1 Å². The van der Waals surface area contributed by atoms with E-state index in [9.17, 15) is 14.4 Å². The van der Waals surface area contributed by atoms with Crippen molar-refractivity contribution in [3.63, 3.8) is 0 Å². The summed E-state index contributed by atoms with van der Waals surface area (Å²) in [4.78, 5) is 13.3. The van der Waals surface area contributed by atoms with Crippen LogP contribution in [-0.4, -0.2) is 31.5 Å². The fraction of sp³-hybridized carbons (Fsp3) is 0.238. The molecule has 0 saturated carbocycles. The smallest absolute Gasteiger partial charge is 0.264 e. The normalized spacial score (nSPS) is 10.9. The summed E-state index contributed by atoms with van der Waals surface area (Å²) < 4.78 is 24.6. The Morgan fingerprint density at radius 1 is 1.19 bits per heavy atom. The highest BCUT2D eigenvalue weighted by atomic mass is 19.1. The fourth-order valence-electron chi connectivity index (χ4n) is 2.34. The number of rotatable bonds is 7. The van der Waals surface area contributed by atoms with Crippen molar-refractivity contribution >= 4 is 12.0 Å².